The van der Waals surface area contributed by atoms with Crippen LogP contribution in [0.4, 0.5) is 0 Å². The Morgan fingerprint density at radius 1 is 0.810 bits per heavy atom. The Hall–Kier alpha value is -1.44. The summed E-state index contributed by atoms with van der Waals surface area (Å²) in [4.78, 5) is 9.31. The Morgan fingerprint density at radius 3 is 1.62 bits per heavy atom. The van der Waals surface area contributed by atoms with Crippen LogP contribution in [0.3, 0.4) is 0 Å². The summed E-state index contributed by atoms with van der Waals surface area (Å²) >= 11 is 0. The molecular weight excluding hydrogens is 256 g/mol. The van der Waals surface area contributed by atoms with Crippen molar-refractivity contribution in [2.75, 3.05) is 0 Å². The van der Waals surface area contributed by atoms with Crippen LogP contribution in [0.5, 0.6) is 0 Å². The van der Waals surface area contributed by atoms with E-state index in [2.05, 4.69) is 75.8 Å². The van der Waals surface area contributed by atoms with Gasteiger partial charge in [-0.3, -0.25) is 9.98 Å². The molecule has 0 aromatic heterocycles. The monoisotopic (exact) mass is 286 g/mol. The summed E-state index contributed by atoms with van der Waals surface area (Å²) < 4.78 is 0. The molecule has 2 heteroatoms. The van der Waals surface area contributed by atoms with E-state index in [0.717, 1.165) is 30.4 Å². The van der Waals surface area contributed by atoms with Gasteiger partial charge in [0.1, 0.15) is 0 Å². The summed E-state index contributed by atoms with van der Waals surface area (Å²) in [5, 5.41) is 0. The van der Waals surface area contributed by atoms with Crippen molar-refractivity contribution in [2.45, 2.75) is 71.9 Å². The van der Waals surface area contributed by atoms with Crippen molar-refractivity contribution in [1.29, 1.82) is 0 Å². The van der Waals surface area contributed by atoms with Crippen LogP contribution in [-0.4, -0.2) is 23.5 Å². The number of rotatable bonds is 7. The van der Waals surface area contributed by atoms with Gasteiger partial charge in [0.15, 0.2) is 0 Å². The first-order valence-corrected chi connectivity index (χ1v) is 7.98. The lowest BCUT2D eigenvalue weighted by Crippen LogP contribution is -2.16. The van der Waals surface area contributed by atoms with Crippen molar-refractivity contribution < 1.29 is 0 Å². The molecule has 0 fully saturated rings. The van der Waals surface area contributed by atoms with Gasteiger partial charge in [-0.05, 0) is 51.7 Å². The highest BCUT2D eigenvalue weighted by atomic mass is 14.8. The molecule has 21 heavy (non-hydrogen) atoms. The summed E-state index contributed by atoms with van der Waals surface area (Å²) in [6.07, 6.45) is 7.26. The van der Waals surface area contributed by atoms with Gasteiger partial charge in [-0.1, -0.05) is 44.5 Å². The van der Waals surface area contributed by atoms with Crippen LogP contribution in [0, 0.1) is 0 Å². The van der Waals surface area contributed by atoms with Gasteiger partial charge in [-0.2, -0.15) is 0 Å². The molecule has 0 aliphatic carbocycles. The molecule has 0 saturated heterocycles. The third kappa shape index (κ3) is 6.70. The van der Waals surface area contributed by atoms with E-state index in [9.17, 15) is 0 Å². The lowest BCUT2D eigenvalue weighted by Gasteiger charge is -2.18. The Morgan fingerprint density at radius 2 is 1.24 bits per heavy atom. The van der Waals surface area contributed by atoms with Crippen molar-refractivity contribution >= 4 is 12.4 Å². The first-order valence-electron chi connectivity index (χ1n) is 7.98. The number of hydrogen-bond acceptors (Lipinski definition) is 2. The van der Waals surface area contributed by atoms with Crippen molar-refractivity contribution in [3.05, 3.63) is 35.4 Å². The van der Waals surface area contributed by atoms with Gasteiger partial charge in [0.2, 0.25) is 0 Å². The molecule has 0 amide bonds. The van der Waals surface area contributed by atoms with Crippen molar-refractivity contribution in [3.8, 4) is 0 Å². The van der Waals surface area contributed by atoms with E-state index in [4.69, 9.17) is 0 Å². The average Bonchev–Trinajstić information content (AvgIpc) is 2.44. The van der Waals surface area contributed by atoms with E-state index < -0.39 is 0 Å². The maximum absolute atomic E-state index is 4.69. The number of benzene rings is 1. The van der Waals surface area contributed by atoms with Crippen LogP contribution in [0.25, 0.3) is 0 Å². The highest BCUT2D eigenvalue weighted by molar-refractivity contribution is 5.84. The molecule has 1 rings (SSSR count). The highest BCUT2D eigenvalue weighted by Crippen LogP contribution is 2.16. The third-order valence-electron chi connectivity index (χ3n) is 3.79. The van der Waals surface area contributed by atoms with Crippen LogP contribution >= 0.6 is 0 Å². The number of hydrogen-bond donors (Lipinski definition) is 0. The molecule has 0 atom stereocenters. The quantitative estimate of drug-likeness (QED) is 0.608. The topological polar surface area (TPSA) is 24.7 Å². The van der Waals surface area contributed by atoms with Gasteiger partial charge in [0.05, 0.1) is 11.1 Å². The van der Waals surface area contributed by atoms with E-state index in [0.29, 0.717) is 0 Å². The van der Waals surface area contributed by atoms with Gasteiger partial charge >= 0.3 is 0 Å². The van der Waals surface area contributed by atoms with Gasteiger partial charge in [0.25, 0.3) is 0 Å². The van der Waals surface area contributed by atoms with E-state index in [1.165, 1.54) is 0 Å². The second-order valence-corrected chi connectivity index (χ2v) is 6.91. The molecular formula is C19H30N2. The summed E-state index contributed by atoms with van der Waals surface area (Å²) in [5.74, 6) is 0. The Balaban J connectivity index is 2.73. The van der Waals surface area contributed by atoms with Crippen LogP contribution in [0.15, 0.2) is 34.3 Å². The Bertz CT molecular complexity index is 479. The largest absolute Gasteiger partial charge is 0.287 e. The first-order chi connectivity index (χ1) is 9.78. The molecule has 0 aliphatic heterocycles. The molecule has 0 unspecified atom stereocenters. The second kappa shape index (κ2) is 7.53. The van der Waals surface area contributed by atoms with Crippen molar-refractivity contribution in [3.63, 3.8) is 0 Å². The van der Waals surface area contributed by atoms with Crippen LogP contribution in [0.1, 0.15) is 71.9 Å². The van der Waals surface area contributed by atoms with E-state index in [1.807, 2.05) is 12.4 Å². The zero-order chi connectivity index (χ0) is 15.9. The second-order valence-electron chi connectivity index (χ2n) is 6.91. The minimum absolute atomic E-state index is 0.0182. The summed E-state index contributed by atoms with van der Waals surface area (Å²) in [6, 6.07) is 8.41. The fraction of sp³-hybridized carbons (Fsp3) is 0.579. The first kappa shape index (κ1) is 17.6. The van der Waals surface area contributed by atoms with E-state index >= 15 is 0 Å². The van der Waals surface area contributed by atoms with Crippen LogP contribution in [0.2, 0.25) is 0 Å². The van der Waals surface area contributed by atoms with Crippen molar-refractivity contribution in [2.24, 2.45) is 9.98 Å². The number of aliphatic imine (C=N–C) groups is 2. The van der Waals surface area contributed by atoms with Gasteiger partial charge in [-0.25, -0.2) is 0 Å². The molecule has 0 radical (unpaired) electrons. The molecule has 0 heterocycles. The SMILES string of the molecule is CCCC(C)(C)N=Cc1ccc(C=NC(C)(C)CC)cc1. The molecule has 2 nitrogen and oxygen atoms in total. The minimum Gasteiger partial charge on any atom is -0.287 e. The third-order valence-corrected chi connectivity index (χ3v) is 3.79. The molecule has 0 N–H and O–H groups in total. The summed E-state index contributed by atoms with van der Waals surface area (Å²) in [7, 11) is 0. The maximum atomic E-state index is 4.69. The normalized spacial score (nSPS) is 13.4. The zero-order valence-corrected chi connectivity index (χ0v) is 14.5. The Kier molecular flexibility index (Phi) is 6.32. The molecule has 1 aromatic carbocycles. The minimum atomic E-state index is 0.0182. The lowest BCUT2D eigenvalue weighted by atomic mass is 10.00. The van der Waals surface area contributed by atoms with Gasteiger partial charge in [-0.15, -0.1) is 0 Å². The molecule has 0 aliphatic rings. The lowest BCUT2D eigenvalue weighted by molar-refractivity contribution is 0.476. The molecule has 1 aromatic rings. The molecule has 116 valence electrons. The number of nitrogens with zero attached hydrogens (tertiary/aromatic N) is 2. The highest BCUT2D eigenvalue weighted by Gasteiger charge is 2.13. The maximum Gasteiger partial charge on any atom is 0.0552 e. The van der Waals surface area contributed by atoms with E-state index in [-0.39, 0.29) is 11.1 Å². The molecule has 0 saturated carbocycles. The average molecular weight is 286 g/mol. The van der Waals surface area contributed by atoms with Crippen LogP contribution < -0.4 is 0 Å². The summed E-state index contributed by atoms with van der Waals surface area (Å²) in [6.45, 7) is 13.0. The molecule has 0 spiro atoms. The van der Waals surface area contributed by atoms with Crippen molar-refractivity contribution in [1.82, 2.24) is 0 Å². The van der Waals surface area contributed by atoms with Crippen LogP contribution in [-0.2, 0) is 0 Å². The fourth-order valence-corrected chi connectivity index (χ4v) is 1.93. The zero-order valence-electron chi connectivity index (χ0n) is 14.5. The van der Waals surface area contributed by atoms with Gasteiger partial charge < -0.3 is 0 Å². The molecule has 0 bridgehead atoms. The summed E-state index contributed by atoms with van der Waals surface area (Å²) in [5.41, 5.74) is 2.33. The van der Waals surface area contributed by atoms with E-state index in [1.54, 1.807) is 0 Å². The Labute approximate surface area is 130 Å². The smallest absolute Gasteiger partial charge is 0.0552 e. The van der Waals surface area contributed by atoms with Gasteiger partial charge in [0, 0.05) is 12.4 Å². The predicted octanol–water partition coefficient (Wildman–Crippen LogP) is 5.29. The standard InChI is InChI=1S/C19H30N2/c1-7-13-19(5,6)21-15-17-11-9-16(10-12-17)14-20-18(3,4)8-2/h9-12,14-15H,7-8,13H2,1-6H3. The predicted molar refractivity (Wildman–Crippen MR) is 95.0 cm³/mol. The fourth-order valence-electron chi connectivity index (χ4n) is 1.93.